The first-order valence-corrected chi connectivity index (χ1v) is 4.88. The molecule has 0 aromatic carbocycles. The Labute approximate surface area is 77.5 Å². The number of hydrogen-bond acceptors (Lipinski definition) is 1. The highest BCUT2D eigenvalue weighted by atomic mass is 19.3. The standard InChI is InChI=1S/C10H16F2O/c1-2-10(11,12)7-9(8-13)5-3-4-6-9/h8H,2-7H2,1H3. The largest absolute Gasteiger partial charge is 0.303 e. The molecule has 1 rings (SSSR count). The second-order valence-electron chi connectivity index (χ2n) is 4.07. The van der Waals surface area contributed by atoms with Crippen molar-refractivity contribution in [1.29, 1.82) is 0 Å². The second-order valence-corrected chi connectivity index (χ2v) is 4.07. The molecule has 0 saturated heterocycles. The van der Waals surface area contributed by atoms with Crippen LogP contribution in [0.5, 0.6) is 0 Å². The van der Waals surface area contributed by atoms with E-state index in [0.29, 0.717) is 12.8 Å². The van der Waals surface area contributed by atoms with E-state index in [0.717, 1.165) is 19.1 Å². The van der Waals surface area contributed by atoms with Crippen LogP contribution in [-0.4, -0.2) is 12.2 Å². The average molecular weight is 190 g/mol. The fourth-order valence-electron chi connectivity index (χ4n) is 2.06. The summed E-state index contributed by atoms with van der Waals surface area (Å²) in [6, 6.07) is 0. The molecule has 0 spiro atoms. The number of hydrogen-bond donors (Lipinski definition) is 0. The molecular weight excluding hydrogens is 174 g/mol. The lowest BCUT2D eigenvalue weighted by atomic mass is 9.81. The molecule has 1 fully saturated rings. The van der Waals surface area contributed by atoms with Crippen LogP contribution in [0.15, 0.2) is 0 Å². The van der Waals surface area contributed by atoms with Crippen molar-refractivity contribution in [3.63, 3.8) is 0 Å². The van der Waals surface area contributed by atoms with Gasteiger partial charge in [0.15, 0.2) is 0 Å². The molecule has 3 heteroatoms. The van der Waals surface area contributed by atoms with Crippen LogP contribution in [0.4, 0.5) is 8.78 Å². The Morgan fingerprint density at radius 1 is 1.38 bits per heavy atom. The van der Waals surface area contributed by atoms with Crippen molar-refractivity contribution in [2.24, 2.45) is 5.41 Å². The first-order chi connectivity index (χ1) is 6.04. The summed E-state index contributed by atoms with van der Waals surface area (Å²) in [6.07, 6.45) is 3.46. The molecule has 0 amide bonds. The fourth-order valence-corrected chi connectivity index (χ4v) is 2.06. The monoisotopic (exact) mass is 190 g/mol. The van der Waals surface area contributed by atoms with Crippen molar-refractivity contribution in [3.05, 3.63) is 0 Å². The minimum absolute atomic E-state index is 0.164. The minimum atomic E-state index is -2.66. The maximum atomic E-state index is 13.1. The number of alkyl halides is 2. The number of halogens is 2. The third-order valence-electron chi connectivity index (χ3n) is 2.98. The fraction of sp³-hybridized carbons (Fsp3) is 0.900. The van der Waals surface area contributed by atoms with Gasteiger partial charge in [-0.15, -0.1) is 0 Å². The second kappa shape index (κ2) is 3.72. The zero-order chi connectivity index (χ0) is 9.95. The van der Waals surface area contributed by atoms with E-state index in [1.54, 1.807) is 0 Å². The van der Waals surface area contributed by atoms with Gasteiger partial charge in [-0.3, -0.25) is 0 Å². The third kappa shape index (κ3) is 2.48. The molecule has 0 atom stereocenters. The molecule has 1 saturated carbocycles. The highest BCUT2D eigenvalue weighted by molar-refractivity contribution is 5.60. The van der Waals surface area contributed by atoms with E-state index in [1.165, 1.54) is 6.92 Å². The number of rotatable bonds is 4. The lowest BCUT2D eigenvalue weighted by Gasteiger charge is -2.26. The Morgan fingerprint density at radius 3 is 2.31 bits per heavy atom. The summed E-state index contributed by atoms with van der Waals surface area (Å²) in [5.74, 6) is -2.66. The Bertz CT molecular complexity index is 183. The van der Waals surface area contributed by atoms with Gasteiger partial charge in [0, 0.05) is 18.3 Å². The topological polar surface area (TPSA) is 17.1 Å². The van der Waals surface area contributed by atoms with Crippen LogP contribution in [0, 0.1) is 5.41 Å². The zero-order valence-electron chi connectivity index (χ0n) is 7.98. The Morgan fingerprint density at radius 2 is 1.92 bits per heavy atom. The van der Waals surface area contributed by atoms with Gasteiger partial charge in [0.05, 0.1) is 0 Å². The Balaban J connectivity index is 2.63. The van der Waals surface area contributed by atoms with Gasteiger partial charge in [-0.1, -0.05) is 19.8 Å². The van der Waals surface area contributed by atoms with E-state index in [4.69, 9.17) is 0 Å². The van der Waals surface area contributed by atoms with E-state index in [-0.39, 0.29) is 12.8 Å². The van der Waals surface area contributed by atoms with E-state index in [9.17, 15) is 13.6 Å². The first kappa shape index (κ1) is 10.6. The van der Waals surface area contributed by atoms with Gasteiger partial charge in [-0.25, -0.2) is 8.78 Å². The summed E-state index contributed by atoms with van der Waals surface area (Å²) in [4.78, 5) is 10.8. The quantitative estimate of drug-likeness (QED) is 0.622. The molecule has 0 N–H and O–H groups in total. The first-order valence-electron chi connectivity index (χ1n) is 4.88. The molecule has 1 aliphatic carbocycles. The maximum absolute atomic E-state index is 13.1. The number of carbonyl (C=O) groups excluding carboxylic acids is 1. The van der Waals surface area contributed by atoms with E-state index < -0.39 is 11.3 Å². The zero-order valence-corrected chi connectivity index (χ0v) is 7.98. The lowest BCUT2D eigenvalue weighted by molar-refractivity contribution is -0.122. The van der Waals surface area contributed by atoms with Crippen molar-refractivity contribution in [1.82, 2.24) is 0 Å². The van der Waals surface area contributed by atoms with Crippen molar-refractivity contribution in [3.8, 4) is 0 Å². The molecular formula is C10H16F2O. The maximum Gasteiger partial charge on any atom is 0.248 e. The van der Waals surface area contributed by atoms with Crippen LogP contribution < -0.4 is 0 Å². The molecule has 0 aliphatic heterocycles. The van der Waals surface area contributed by atoms with Gasteiger partial charge in [-0.05, 0) is 12.8 Å². The molecule has 0 unspecified atom stereocenters. The van der Waals surface area contributed by atoms with Gasteiger partial charge in [0.2, 0.25) is 5.92 Å². The SMILES string of the molecule is CCC(F)(F)CC1(C=O)CCCC1. The predicted molar refractivity (Wildman–Crippen MR) is 46.8 cm³/mol. The molecule has 0 radical (unpaired) electrons. The Kier molecular flexibility index (Phi) is 3.04. The molecule has 0 heterocycles. The lowest BCUT2D eigenvalue weighted by Crippen LogP contribution is -2.29. The van der Waals surface area contributed by atoms with Crippen molar-refractivity contribution in [2.75, 3.05) is 0 Å². The van der Waals surface area contributed by atoms with Gasteiger partial charge in [-0.2, -0.15) is 0 Å². The molecule has 0 aromatic heterocycles. The highest BCUT2D eigenvalue weighted by Crippen LogP contribution is 2.44. The van der Waals surface area contributed by atoms with Crippen LogP contribution in [0.2, 0.25) is 0 Å². The molecule has 76 valence electrons. The number of aldehydes is 1. The van der Waals surface area contributed by atoms with Crippen LogP contribution in [0.1, 0.15) is 45.4 Å². The van der Waals surface area contributed by atoms with Crippen LogP contribution in [0.25, 0.3) is 0 Å². The summed E-state index contributed by atoms with van der Waals surface area (Å²) < 4.78 is 26.2. The Hall–Kier alpha value is -0.470. The van der Waals surface area contributed by atoms with Crippen LogP contribution >= 0.6 is 0 Å². The molecule has 1 nitrogen and oxygen atoms in total. The summed E-state index contributed by atoms with van der Waals surface area (Å²) in [5.41, 5.74) is -0.709. The van der Waals surface area contributed by atoms with Crippen LogP contribution in [0.3, 0.4) is 0 Å². The van der Waals surface area contributed by atoms with Crippen LogP contribution in [-0.2, 0) is 4.79 Å². The number of carbonyl (C=O) groups is 1. The van der Waals surface area contributed by atoms with E-state index in [2.05, 4.69) is 0 Å². The van der Waals surface area contributed by atoms with Crippen molar-refractivity contribution in [2.45, 2.75) is 51.4 Å². The smallest absolute Gasteiger partial charge is 0.248 e. The summed E-state index contributed by atoms with van der Waals surface area (Å²) >= 11 is 0. The highest BCUT2D eigenvalue weighted by Gasteiger charge is 2.42. The van der Waals surface area contributed by atoms with Crippen molar-refractivity contribution >= 4 is 6.29 Å². The van der Waals surface area contributed by atoms with Crippen molar-refractivity contribution < 1.29 is 13.6 Å². The van der Waals surface area contributed by atoms with Gasteiger partial charge < -0.3 is 4.79 Å². The normalized spacial score (nSPS) is 21.8. The average Bonchev–Trinajstić information content (AvgIpc) is 2.53. The molecule has 0 bridgehead atoms. The molecule has 1 aliphatic rings. The van der Waals surface area contributed by atoms with Gasteiger partial charge in [0.25, 0.3) is 0 Å². The van der Waals surface area contributed by atoms with Gasteiger partial charge in [0.1, 0.15) is 6.29 Å². The predicted octanol–water partition coefficient (Wildman–Crippen LogP) is 3.18. The van der Waals surface area contributed by atoms with Gasteiger partial charge >= 0.3 is 0 Å². The summed E-state index contributed by atoms with van der Waals surface area (Å²) in [5, 5.41) is 0. The minimum Gasteiger partial charge on any atom is -0.303 e. The summed E-state index contributed by atoms with van der Waals surface area (Å²) in [7, 11) is 0. The summed E-state index contributed by atoms with van der Waals surface area (Å²) in [6.45, 7) is 1.47. The van der Waals surface area contributed by atoms with E-state index in [1.807, 2.05) is 0 Å². The van der Waals surface area contributed by atoms with E-state index >= 15 is 0 Å². The molecule has 0 aromatic rings. The molecule has 13 heavy (non-hydrogen) atoms. The third-order valence-corrected chi connectivity index (χ3v) is 2.98.